The van der Waals surface area contributed by atoms with Crippen LogP contribution in [-0.4, -0.2) is 30.1 Å². The molecular formula is C28H20F4N4O3S. The van der Waals surface area contributed by atoms with Crippen LogP contribution in [0.3, 0.4) is 0 Å². The lowest BCUT2D eigenvalue weighted by atomic mass is 10.1. The second-order valence-electron chi connectivity index (χ2n) is 8.94. The number of carbonyl (C=O) groups excluding carboxylic acids is 1. The molecule has 40 heavy (non-hydrogen) atoms. The first kappa shape index (κ1) is 26.9. The van der Waals surface area contributed by atoms with Crippen LogP contribution in [0.15, 0.2) is 96.2 Å². The van der Waals surface area contributed by atoms with Gasteiger partial charge in [-0.05, 0) is 65.7 Å². The van der Waals surface area contributed by atoms with Gasteiger partial charge in [-0.1, -0.05) is 24.3 Å². The number of rotatable bonds is 5. The number of carbonyl (C=O) groups is 1. The van der Waals surface area contributed by atoms with E-state index in [0.29, 0.717) is 16.9 Å². The van der Waals surface area contributed by atoms with Crippen LogP contribution in [0.5, 0.6) is 0 Å². The van der Waals surface area contributed by atoms with Crippen molar-refractivity contribution in [1.29, 1.82) is 0 Å². The molecule has 0 aliphatic carbocycles. The molecule has 5 aromatic rings. The molecule has 0 bridgehead atoms. The van der Waals surface area contributed by atoms with Gasteiger partial charge in [-0.2, -0.15) is 13.2 Å². The van der Waals surface area contributed by atoms with Gasteiger partial charge in [0.2, 0.25) is 0 Å². The average Bonchev–Trinajstić information content (AvgIpc) is 3.32. The summed E-state index contributed by atoms with van der Waals surface area (Å²) >= 11 is 0. The number of benzene rings is 3. The minimum Gasteiger partial charge on any atom is -0.308 e. The Kier molecular flexibility index (Phi) is 6.80. The maximum absolute atomic E-state index is 14.9. The fourth-order valence-electron chi connectivity index (χ4n) is 4.10. The zero-order chi connectivity index (χ0) is 28.7. The number of aromatic nitrogens is 2. The predicted octanol–water partition coefficient (Wildman–Crippen LogP) is 6.87. The summed E-state index contributed by atoms with van der Waals surface area (Å²) in [7, 11) is -3.31. The summed E-state index contributed by atoms with van der Waals surface area (Å²) in [6.07, 6.45) is -0.111. The molecule has 3 aromatic carbocycles. The minimum atomic E-state index is -4.57. The van der Waals surface area contributed by atoms with Crippen molar-refractivity contribution in [1.82, 2.24) is 9.38 Å². The third-order valence-electron chi connectivity index (χ3n) is 6.09. The van der Waals surface area contributed by atoms with Gasteiger partial charge in [0.1, 0.15) is 11.5 Å². The summed E-state index contributed by atoms with van der Waals surface area (Å²) in [5.74, 6) is -0.755. The van der Waals surface area contributed by atoms with Crippen LogP contribution in [0, 0.1) is 5.82 Å². The van der Waals surface area contributed by atoms with Gasteiger partial charge in [0.05, 0.1) is 28.0 Å². The van der Waals surface area contributed by atoms with Crippen LogP contribution < -0.4 is 10.6 Å². The zero-order valence-corrected chi connectivity index (χ0v) is 21.5. The van der Waals surface area contributed by atoms with E-state index in [0.717, 1.165) is 35.6 Å². The Morgan fingerprint density at radius 1 is 0.875 bits per heavy atom. The monoisotopic (exact) mass is 568 g/mol. The average molecular weight is 569 g/mol. The van der Waals surface area contributed by atoms with Crippen molar-refractivity contribution in [2.24, 2.45) is 0 Å². The number of hydrogen-bond donors (Lipinski definition) is 2. The standard InChI is InChI=1S/C28H20F4N4O3S/c1-40(38,39)22-8-5-17(6-9-22)18-11-12-36-25(16-33-26(36)14-18)19-7-10-24(23(29)13-19)35-27(37)34-21-4-2-3-20(15-21)28(30,31)32/h2-16H,1H3,(H2,34,35,37). The Hall–Kier alpha value is -4.71. The van der Waals surface area contributed by atoms with E-state index in [2.05, 4.69) is 15.6 Å². The van der Waals surface area contributed by atoms with Gasteiger partial charge < -0.3 is 10.6 Å². The molecule has 0 aliphatic heterocycles. The zero-order valence-electron chi connectivity index (χ0n) is 20.7. The molecule has 0 atom stereocenters. The second kappa shape index (κ2) is 10.1. The number of anilines is 2. The Morgan fingerprint density at radius 2 is 1.60 bits per heavy atom. The van der Waals surface area contributed by atoms with Gasteiger partial charge in [0.15, 0.2) is 9.84 Å². The summed E-state index contributed by atoms with van der Waals surface area (Å²) in [6, 6.07) is 17.4. The number of alkyl halides is 3. The van der Waals surface area contributed by atoms with Crippen LogP contribution >= 0.6 is 0 Å². The molecule has 0 aliphatic rings. The van der Waals surface area contributed by atoms with Crippen molar-refractivity contribution in [2.45, 2.75) is 11.1 Å². The van der Waals surface area contributed by atoms with Crippen molar-refractivity contribution in [3.63, 3.8) is 0 Å². The van der Waals surface area contributed by atoms with E-state index < -0.39 is 33.4 Å². The van der Waals surface area contributed by atoms with Gasteiger partial charge in [-0.25, -0.2) is 22.6 Å². The number of hydrogen-bond acceptors (Lipinski definition) is 4. The lowest BCUT2D eigenvalue weighted by molar-refractivity contribution is -0.137. The summed E-state index contributed by atoms with van der Waals surface area (Å²) in [4.78, 5) is 16.9. The predicted molar refractivity (Wildman–Crippen MR) is 143 cm³/mol. The number of urea groups is 1. The number of nitrogens with zero attached hydrogens (tertiary/aromatic N) is 2. The highest BCUT2D eigenvalue weighted by atomic mass is 32.2. The number of nitrogens with one attached hydrogen (secondary N) is 2. The molecular weight excluding hydrogens is 548 g/mol. The number of imidazole rings is 1. The molecule has 0 fully saturated rings. The molecule has 2 aromatic heterocycles. The fourth-order valence-corrected chi connectivity index (χ4v) is 4.73. The Balaban J connectivity index is 1.33. The lowest BCUT2D eigenvalue weighted by Crippen LogP contribution is -2.20. The molecule has 12 heteroatoms. The molecule has 5 rings (SSSR count). The molecule has 0 radical (unpaired) electrons. The van der Waals surface area contributed by atoms with Crippen molar-refractivity contribution < 1.29 is 30.8 Å². The van der Waals surface area contributed by atoms with Crippen LogP contribution in [0.4, 0.5) is 33.7 Å². The van der Waals surface area contributed by atoms with Crippen LogP contribution in [-0.2, 0) is 16.0 Å². The molecule has 204 valence electrons. The van der Waals surface area contributed by atoms with E-state index in [1.807, 2.05) is 12.1 Å². The van der Waals surface area contributed by atoms with Crippen molar-refractivity contribution in [2.75, 3.05) is 16.9 Å². The van der Waals surface area contributed by atoms with Crippen molar-refractivity contribution >= 4 is 32.9 Å². The van der Waals surface area contributed by atoms with Crippen molar-refractivity contribution in [3.8, 4) is 22.4 Å². The van der Waals surface area contributed by atoms with E-state index >= 15 is 0 Å². The van der Waals surface area contributed by atoms with Gasteiger partial charge in [-0.3, -0.25) is 4.40 Å². The molecule has 0 unspecified atom stereocenters. The number of fused-ring (bicyclic) bond motifs is 1. The Morgan fingerprint density at radius 3 is 2.27 bits per heavy atom. The van der Waals surface area contributed by atoms with E-state index in [1.165, 1.54) is 30.3 Å². The number of pyridine rings is 1. The van der Waals surface area contributed by atoms with Crippen molar-refractivity contribution in [3.05, 3.63) is 103 Å². The van der Waals surface area contributed by atoms with Gasteiger partial charge >= 0.3 is 12.2 Å². The third kappa shape index (κ3) is 5.66. The first-order valence-electron chi connectivity index (χ1n) is 11.7. The third-order valence-corrected chi connectivity index (χ3v) is 7.22. The highest BCUT2D eigenvalue weighted by Crippen LogP contribution is 2.31. The Labute approximate surface area is 226 Å². The fraction of sp³-hybridized carbons (Fsp3) is 0.0714. The molecule has 0 spiro atoms. The summed E-state index contributed by atoms with van der Waals surface area (Å²) < 4.78 is 78.8. The molecule has 2 heterocycles. The van der Waals surface area contributed by atoms with Gasteiger partial charge in [0.25, 0.3) is 0 Å². The van der Waals surface area contributed by atoms with E-state index in [9.17, 15) is 30.8 Å². The van der Waals surface area contributed by atoms with E-state index in [4.69, 9.17) is 0 Å². The maximum Gasteiger partial charge on any atom is 0.416 e. The van der Waals surface area contributed by atoms with Gasteiger partial charge in [-0.15, -0.1) is 0 Å². The highest BCUT2D eigenvalue weighted by molar-refractivity contribution is 7.90. The SMILES string of the molecule is CS(=O)(=O)c1ccc(-c2ccn3c(-c4ccc(NC(=O)Nc5cccc(C(F)(F)F)c5)c(F)c4)cnc3c2)cc1. The normalized spacial score (nSPS) is 11.9. The molecule has 2 N–H and O–H groups in total. The quantitative estimate of drug-likeness (QED) is 0.226. The van der Waals surface area contributed by atoms with Gasteiger partial charge in [0, 0.05) is 23.7 Å². The smallest absolute Gasteiger partial charge is 0.308 e. The number of amides is 2. The first-order valence-corrected chi connectivity index (χ1v) is 13.6. The van der Waals surface area contributed by atoms with Crippen LogP contribution in [0.1, 0.15) is 5.56 Å². The summed E-state index contributed by atoms with van der Waals surface area (Å²) in [5, 5.41) is 4.56. The highest BCUT2D eigenvalue weighted by Gasteiger charge is 2.30. The minimum absolute atomic E-state index is 0.0965. The van der Waals surface area contributed by atoms with E-state index in [-0.39, 0.29) is 16.3 Å². The first-order chi connectivity index (χ1) is 18.9. The number of halogens is 4. The second-order valence-corrected chi connectivity index (χ2v) is 11.0. The molecule has 2 amide bonds. The van der Waals surface area contributed by atoms with Crippen LogP contribution in [0.2, 0.25) is 0 Å². The largest absolute Gasteiger partial charge is 0.416 e. The summed E-state index contributed by atoms with van der Waals surface area (Å²) in [5.41, 5.74) is 2.04. The van der Waals surface area contributed by atoms with E-state index in [1.54, 1.807) is 35.0 Å². The number of sulfone groups is 1. The molecule has 7 nitrogen and oxygen atoms in total. The topological polar surface area (TPSA) is 92.6 Å². The maximum atomic E-state index is 14.9. The lowest BCUT2D eigenvalue weighted by Gasteiger charge is -2.12. The Bertz CT molecular complexity index is 1850. The summed E-state index contributed by atoms with van der Waals surface area (Å²) in [6.45, 7) is 0. The molecule has 0 saturated heterocycles. The molecule has 0 saturated carbocycles. The van der Waals surface area contributed by atoms with Crippen LogP contribution in [0.25, 0.3) is 28.0 Å².